The lowest BCUT2D eigenvalue weighted by atomic mass is 9.84. The molecule has 3 unspecified atom stereocenters. The normalized spacial score (nSPS) is 24.7. The van der Waals surface area contributed by atoms with Gasteiger partial charge in [-0.1, -0.05) is 6.42 Å². The molecule has 2 fully saturated rings. The number of piperidine rings is 1. The fourth-order valence-electron chi connectivity index (χ4n) is 4.53. The van der Waals surface area contributed by atoms with Crippen molar-refractivity contribution in [1.29, 1.82) is 0 Å². The predicted molar refractivity (Wildman–Crippen MR) is 111 cm³/mol. The summed E-state index contributed by atoms with van der Waals surface area (Å²) in [6.45, 7) is 4.47. The van der Waals surface area contributed by atoms with E-state index >= 15 is 0 Å². The van der Waals surface area contributed by atoms with Gasteiger partial charge in [0.15, 0.2) is 0 Å². The molecule has 3 rings (SSSR count). The van der Waals surface area contributed by atoms with Crippen molar-refractivity contribution in [3.05, 3.63) is 23.9 Å². The van der Waals surface area contributed by atoms with Crippen LogP contribution < -0.4 is 15.5 Å². The van der Waals surface area contributed by atoms with Crippen LogP contribution in [0.2, 0.25) is 0 Å². The number of nitrogens with one attached hydrogen (secondary N) is 2. The number of anilines is 1. The summed E-state index contributed by atoms with van der Waals surface area (Å²) in [6.07, 6.45) is 1.18. The number of halogens is 3. The van der Waals surface area contributed by atoms with Gasteiger partial charge in [-0.25, -0.2) is 4.98 Å². The van der Waals surface area contributed by atoms with Crippen LogP contribution in [0.1, 0.15) is 57.9 Å². The Kier molecular flexibility index (Phi) is 7.43. The van der Waals surface area contributed by atoms with Crippen molar-refractivity contribution in [3.8, 4) is 0 Å². The van der Waals surface area contributed by atoms with Crippen molar-refractivity contribution in [1.82, 2.24) is 15.6 Å². The van der Waals surface area contributed by atoms with Crippen LogP contribution in [-0.2, 0) is 15.8 Å². The Morgan fingerprint density at radius 3 is 2.58 bits per heavy atom. The third-order valence-corrected chi connectivity index (χ3v) is 6.01. The molecule has 1 saturated carbocycles. The standard InChI is InChI=1S/C22H31F3N4O2/c1-14(2)27-20(30)15-6-3-8-17(12-15)28-21(31)16-7-5-11-29(13-16)19-18(22(23,24)25)9-4-10-26-19/h4,9-10,14-17H,3,5-8,11-13H2,1-2H3,(H,27,30)(H,28,31). The van der Waals surface area contributed by atoms with Gasteiger partial charge in [-0.05, 0) is 58.1 Å². The largest absolute Gasteiger partial charge is 0.419 e. The number of alkyl halides is 3. The van der Waals surface area contributed by atoms with E-state index in [0.717, 1.165) is 25.3 Å². The van der Waals surface area contributed by atoms with Crippen LogP contribution in [-0.4, -0.2) is 42.0 Å². The van der Waals surface area contributed by atoms with E-state index in [0.29, 0.717) is 25.8 Å². The Balaban J connectivity index is 1.61. The van der Waals surface area contributed by atoms with Crippen molar-refractivity contribution in [2.24, 2.45) is 11.8 Å². The molecule has 0 radical (unpaired) electrons. The first kappa shape index (κ1) is 23.3. The van der Waals surface area contributed by atoms with Gasteiger partial charge in [0.1, 0.15) is 5.82 Å². The summed E-state index contributed by atoms with van der Waals surface area (Å²) < 4.78 is 40.1. The molecule has 2 amide bonds. The quantitative estimate of drug-likeness (QED) is 0.735. The lowest BCUT2D eigenvalue weighted by molar-refractivity contribution is -0.137. The Morgan fingerprint density at radius 2 is 1.87 bits per heavy atom. The summed E-state index contributed by atoms with van der Waals surface area (Å²) in [4.78, 5) is 30.8. The van der Waals surface area contributed by atoms with E-state index in [9.17, 15) is 22.8 Å². The molecule has 3 atom stereocenters. The van der Waals surface area contributed by atoms with E-state index in [-0.39, 0.29) is 42.2 Å². The molecule has 1 saturated heterocycles. The molecule has 1 aliphatic heterocycles. The maximum Gasteiger partial charge on any atom is 0.419 e. The third-order valence-electron chi connectivity index (χ3n) is 6.01. The maximum atomic E-state index is 13.4. The van der Waals surface area contributed by atoms with Gasteiger partial charge in [0, 0.05) is 37.3 Å². The van der Waals surface area contributed by atoms with Gasteiger partial charge in [0.05, 0.1) is 11.5 Å². The van der Waals surface area contributed by atoms with Gasteiger partial charge in [0.2, 0.25) is 11.8 Å². The Labute approximate surface area is 181 Å². The minimum atomic E-state index is -4.49. The number of rotatable bonds is 5. The van der Waals surface area contributed by atoms with Crippen molar-refractivity contribution in [2.45, 2.75) is 70.6 Å². The zero-order chi connectivity index (χ0) is 22.6. The highest BCUT2D eigenvalue weighted by molar-refractivity contribution is 5.81. The number of hydrogen-bond acceptors (Lipinski definition) is 4. The number of carbonyl (C=O) groups excluding carboxylic acids is 2. The molecule has 2 heterocycles. The fraction of sp³-hybridized carbons (Fsp3) is 0.682. The average Bonchev–Trinajstić information content (AvgIpc) is 2.73. The van der Waals surface area contributed by atoms with E-state index in [1.54, 1.807) is 4.90 Å². The van der Waals surface area contributed by atoms with E-state index in [2.05, 4.69) is 15.6 Å². The van der Waals surface area contributed by atoms with Gasteiger partial charge in [-0.2, -0.15) is 13.2 Å². The first-order chi connectivity index (χ1) is 14.6. The molecule has 2 N–H and O–H groups in total. The van der Waals surface area contributed by atoms with Crippen LogP contribution in [0.25, 0.3) is 0 Å². The molecule has 9 heteroatoms. The van der Waals surface area contributed by atoms with Crippen LogP contribution in [0.3, 0.4) is 0 Å². The number of amides is 2. The number of nitrogens with zero attached hydrogens (tertiary/aromatic N) is 2. The molecular weight excluding hydrogens is 409 g/mol. The fourth-order valence-corrected chi connectivity index (χ4v) is 4.53. The van der Waals surface area contributed by atoms with E-state index in [1.807, 2.05) is 13.8 Å². The summed E-state index contributed by atoms with van der Waals surface area (Å²) in [5.41, 5.74) is -0.776. The SMILES string of the molecule is CC(C)NC(=O)C1CCCC(NC(=O)C2CCCN(c3ncccc3C(F)(F)F)C2)C1. The van der Waals surface area contributed by atoms with Crippen molar-refractivity contribution in [2.75, 3.05) is 18.0 Å². The molecule has 1 aromatic heterocycles. The van der Waals surface area contributed by atoms with Crippen LogP contribution in [0.15, 0.2) is 18.3 Å². The monoisotopic (exact) mass is 440 g/mol. The highest BCUT2D eigenvalue weighted by Gasteiger charge is 2.38. The highest BCUT2D eigenvalue weighted by atomic mass is 19.4. The number of aromatic nitrogens is 1. The van der Waals surface area contributed by atoms with Gasteiger partial charge in [-0.3, -0.25) is 9.59 Å². The van der Waals surface area contributed by atoms with Gasteiger partial charge >= 0.3 is 6.18 Å². The van der Waals surface area contributed by atoms with Crippen LogP contribution in [0, 0.1) is 11.8 Å². The maximum absolute atomic E-state index is 13.4. The van der Waals surface area contributed by atoms with Crippen LogP contribution in [0.5, 0.6) is 0 Å². The predicted octanol–water partition coefficient (Wildman–Crippen LogP) is 3.52. The smallest absolute Gasteiger partial charge is 0.355 e. The van der Waals surface area contributed by atoms with E-state index in [1.165, 1.54) is 12.3 Å². The number of hydrogen-bond donors (Lipinski definition) is 2. The van der Waals surface area contributed by atoms with Crippen LogP contribution >= 0.6 is 0 Å². The van der Waals surface area contributed by atoms with Crippen LogP contribution in [0.4, 0.5) is 19.0 Å². The Hall–Kier alpha value is -2.32. The average molecular weight is 441 g/mol. The molecular formula is C22H31F3N4O2. The van der Waals surface area contributed by atoms with Crippen molar-refractivity contribution < 1.29 is 22.8 Å². The summed E-state index contributed by atoms with van der Waals surface area (Å²) >= 11 is 0. The Bertz CT molecular complexity index is 784. The van der Waals surface area contributed by atoms with Gasteiger partial charge in [0.25, 0.3) is 0 Å². The number of carbonyl (C=O) groups is 2. The molecule has 172 valence electrons. The molecule has 0 spiro atoms. The minimum Gasteiger partial charge on any atom is -0.355 e. The second-order valence-corrected chi connectivity index (χ2v) is 8.89. The highest BCUT2D eigenvalue weighted by Crippen LogP contribution is 2.36. The molecule has 0 aromatic carbocycles. The first-order valence-electron chi connectivity index (χ1n) is 11.0. The Morgan fingerprint density at radius 1 is 1.13 bits per heavy atom. The summed E-state index contributed by atoms with van der Waals surface area (Å²) in [5.74, 6) is -0.763. The van der Waals surface area contributed by atoms with Gasteiger partial charge in [-0.15, -0.1) is 0 Å². The van der Waals surface area contributed by atoms with Gasteiger partial charge < -0.3 is 15.5 Å². The topological polar surface area (TPSA) is 74.3 Å². The minimum absolute atomic E-state index is 0.0209. The second-order valence-electron chi connectivity index (χ2n) is 8.89. The molecule has 1 aliphatic carbocycles. The first-order valence-corrected chi connectivity index (χ1v) is 11.0. The summed E-state index contributed by atoms with van der Waals surface area (Å²) in [5, 5.41) is 5.99. The third kappa shape index (κ3) is 6.11. The molecule has 0 bridgehead atoms. The summed E-state index contributed by atoms with van der Waals surface area (Å²) in [6, 6.07) is 2.29. The van der Waals surface area contributed by atoms with Crippen molar-refractivity contribution >= 4 is 17.6 Å². The van der Waals surface area contributed by atoms with E-state index < -0.39 is 17.7 Å². The molecule has 31 heavy (non-hydrogen) atoms. The lowest BCUT2D eigenvalue weighted by Crippen LogP contribution is -2.48. The van der Waals surface area contributed by atoms with E-state index in [4.69, 9.17) is 0 Å². The lowest BCUT2D eigenvalue weighted by Gasteiger charge is -2.35. The zero-order valence-electron chi connectivity index (χ0n) is 18.0. The second kappa shape index (κ2) is 9.87. The molecule has 2 aliphatic rings. The number of pyridine rings is 1. The molecule has 6 nitrogen and oxygen atoms in total. The summed E-state index contributed by atoms with van der Waals surface area (Å²) in [7, 11) is 0. The molecule has 1 aromatic rings. The van der Waals surface area contributed by atoms with Crippen molar-refractivity contribution in [3.63, 3.8) is 0 Å². The zero-order valence-corrected chi connectivity index (χ0v) is 18.0.